The van der Waals surface area contributed by atoms with Gasteiger partial charge >= 0.3 is 0 Å². The van der Waals surface area contributed by atoms with E-state index in [1.807, 2.05) is 5.67 Å². The highest BCUT2D eigenvalue weighted by Crippen LogP contribution is 2.12. The zero-order chi connectivity index (χ0) is 7.40. The summed E-state index contributed by atoms with van der Waals surface area (Å²) >= 11 is 11.2. The molecule has 0 aliphatic heterocycles. The quantitative estimate of drug-likeness (QED) is 0.465. The fourth-order valence-electron chi connectivity index (χ4n) is 0.851. The molecule has 0 radical (unpaired) electrons. The Hall–Kier alpha value is 0.147. The molecule has 0 nitrogen and oxygen atoms in total. The first-order chi connectivity index (χ1) is 4.79. The predicted molar refractivity (Wildman–Crippen MR) is 50.0 cm³/mol. The number of halogens is 2. The SMILES string of the molecule is Cl[Si](Cl)=CCC1=CC=CC1. The third-order valence-electron chi connectivity index (χ3n) is 1.37. The lowest BCUT2D eigenvalue weighted by atomic mass is 10.2. The Morgan fingerprint density at radius 1 is 1.60 bits per heavy atom. The predicted octanol–water partition coefficient (Wildman–Crippen LogP) is 2.61. The van der Waals surface area contributed by atoms with Gasteiger partial charge in [-0.15, -0.1) is 22.2 Å². The summed E-state index contributed by atoms with van der Waals surface area (Å²) in [6.07, 6.45) is 8.35. The number of allylic oxidation sites excluding steroid dienone is 4. The van der Waals surface area contributed by atoms with Crippen LogP contribution in [0.25, 0.3) is 0 Å². The van der Waals surface area contributed by atoms with Crippen LogP contribution in [0.5, 0.6) is 0 Å². The first-order valence-electron chi connectivity index (χ1n) is 3.15. The summed E-state index contributed by atoms with van der Waals surface area (Å²) in [6, 6.07) is 0. The van der Waals surface area contributed by atoms with Crippen molar-refractivity contribution in [2.24, 2.45) is 0 Å². The van der Waals surface area contributed by atoms with Crippen LogP contribution in [-0.4, -0.2) is 12.7 Å². The van der Waals surface area contributed by atoms with Gasteiger partial charge in [-0.2, -0.15) is 0 Å². The van der Waals surface area contributed by atoms with Crippen LogP contribution in [0.4, 0.5) is 0 Å². The number of hydrogen-bond acceptors (Lipinski definition) is 0. The first kappa shape index (κ1) is 8.25. The maximum Gasteiger partial charge on any atom is 0.228 e. The summed E-state index contributed by atoms with van der Waals surface area (Å²) in [5.41, 5.74) is 3.40. The molecule has 54 valence electrons. The second kappa shape index (κ2) is 4.11. The lowest BCUT2D eigenvalue weighted by molar-refractivity contribution is 1.19. The fourth-order valence-corrected chi connectivity index (χ4v) is 1.73. The molecule has 0 unspecified atom stereocenters. The molecule has 3 heteroatoms. The van der Waals surface area contributed by atoms with E-state index in [4.69, 9.17) is 22.2 Å². The van der Waals surface area contributed by atoms with Crippen LogP contribution in [-0.2, 0) is 0 Å². The van der Waals surface area contributed by atoms with Crippen LogP contribution in [0.2, 0.25) is 0 Å². The van der Waals surface area contributed by atoms with Crippen LogP contribution >= 0.6 is 22.2 Å². The molecule has 0 amide bonds. The van der Waals surface area contributed by atoms with Crippen molar-refractivity contribution in [1.29, 1.82) is 0 Å². The zero-order valence-corrected chi connectivity index (χ0v) is 7.99. The van der Waals surface area contributed by atoms with Crippen molar-refractivity contribution in [3.63, 3.8) is 0 Å². The lowest BCUT2D eigenvalue weighted by Gasteiger charge is -1.92. The Morgan fingerprint density at radius 2 is 2.40 bits per heavy atom. The average molecular weight is 191 g/mol. The van der Waals surface area contributed by atoms with Gasteiger partial charge in [0.15, 0.2) is 0 Å². The van der Waals surface area contributed by atoms with Gasteiger partial charge in [0.2, 0.25) is 7.03 Å². The van der Waals surface area contributed by atoms with E-state index in [1.54, 1.807) is 0 Å². The molecule has 0 N–H and O–H groups in total. The standard InChI is InChI=1S/C7H8Cl2Si/c8-10(9)6-5-7-3-1-2-4-7/h1-3,6H,4-5H2. The monoisotopic (exact) mass is 190 g/mol. The van der Waals surface area contributed by atoms with Gasteiger partial charge in [-0.3, -0.25) is 0 Å². The minimum Gasteiger partial charge on any atom is -0.118 e. The van der Waals surface area contributed by atoms with Crippen LogP contribution in [0, 0.1) is 0 Å². The molecular weight excluding hydrogens is 183 g/mol. The summed E-state index contributed by atoms with van der Waals surface area (Å²) < 4.78 is 0. The maximum absolute atomic E-state index is 5.62. The summed E-state index contributed by atoms with van der Waals surface area (Å²) in [4.78, 5) is 0. The van der Waals surface area contributed by atoms with Crippen molar-refractivity contribution >= 4 is 34.9 Å². The highest BCUT2D eigenvalue weighted by atomic mass is 35.7. The van der Waals surface area contributed by atoms with Gasteiger partial charge in [0.25, 0.3) is 0 Å². The summed E-state index contributed by atoms with van der Waals surface area (Å²) in [7, 11) is -1.17. The molecule has 1 aliphatic carbocycles. The average Bonchev–Trinajstić information content (AvgIpc) is 2.34. The normalized spacial score (nSPS) is 15.2. The van der Waals surface area contributed by atoms with Crippen LogP contribution in [0.15, 0.2) is 23.8 Å². The van der Waals surface area contributed by atoms with E-state index in [0.717, 1.165) is 12.8 Å². The molecule has 0 spiro atoms. The molecular formula is C7H8Cl2Si. The second-order valence-electron chi connectivity index (χ2n) is 2.16. The van der Waals surface area contributed by atoms with Crippen molar-refractivity contribution in [1.82, 2.24) is 0 Å². The Bertz CT molecular complexity index is 200. The molecule has 0 saturated carbocycles. The van der Waals surface area contributed by atoms with Crippen LogP contribution < -0.4 is 0 Å². The summed E-state index contributed by atoms with van der Waals surface area (Å²) in [5.74, 6) is 0. The molecule has 0 bridgehead atoms. The highest BCUT2D eigenvalue weighted by Gasteiger charge is 1.96. The number of rotatable bonds is 2. The Labute approximate surface area is 71.8 Å². The molecule has 0 saturated heterocycles. The van der Waals surface area contributed by atoms with Gasteiger partial charge in [-0.05, 0) is 12.8 Å². The third-order valence-corrected chi connectivity index (χ3v) is 2.81. The highest BCUT2D eigenvalue weighted by molar-refractivity contribution is 7.34. The summed E-state index contributed by atoms with van der Waals surface area (Å²) in [6.45, 7) is 0. The van der Waals surface area contributed by atoms with Gasteiger partial charge in [-0.1, -0.05) is 29.5 Å². The third kappa shape index (κ3) is 2.82. The van der Waals surface area contributed by atoms with E-state index in [9.17, 15) is 0 Å². The zero-order valence-electron chi connectivity index (χ0n) is 5.48. The van der Waals surface area contributed by atoms with Crippen molar-refractivity contribution in [3.05, 3.63) is 23.8 Å². The van der Waals surface area contributed by atoms with Gasteiger partial charge in [0.05, 0.1) is 0 Å². The molecule has 1 aliphatic rings. The Kier molecular flexibility index (Phi) is 3.39. The van der Waals surface area contributed by atoms with Crippen molar-refractivity contribution in [3.8, 4) is 0 Å². The second-order valence-corrected chi connectivity index (χ2v) is 6.17. The van der Waals surface area contributed by atoms with Gasteiger partial charge in [0.1, 0.15) is 0 Å². The van der Waals surface area contributed by atoms with E-state index >= 15 is 0 Å². The smallest absolute Gasteiger partial charge is 0.118 e. The van der Waals surface area contributed by atoms with Gasteiger partial charge in [-0.25, -0.2) is 0 Å². The van der Waals surface area contributed by atoms with E-state index in [1.165, 1.54) is 5.57 Å². The fraction of sp³-hybridized carbons (Fsp3) is 0.286. The maximum atomic E-state index is 5.62. The van der Waals surface area contributed by atoms with Gasteiger partial charge < -0.3 is 0 Å². The van der Waals surface area contributed by atoms with E-state index < -0.39 is 7.03 Å². The molecule has 0 atom stereocenters. The Morgan fingerprint density at radius 3 is 2.90 bits per heavy atom. The van der Waals surface area contributed by atoms with E-state index in [-0.39, 0.29) is 0 Å². The van der Waals surface area contributed by atoms with E-state index in [2.05, 4.69) is 18.2 Å². The van der Waals surface area contributed by atoms with Crippen molar-refractivity contribution in [2.45, 2.75) is 12.8 Å². The minimum atomic E-state index is -1.17. The topological polar surface area (TPSA) is 0 Å². The minimum absolute atomic E-state index is 0.953. The van der Waals surface area contributed by atoms with Crippen molar-refractivity contribution < 1.29 is 0 Å². The van der Waals surface area contributed by atoms with Gasteiger partial charge in [0, 0.05) is 0 Å². The Balaban J connectivity index is 2.34. The molecule has 0 aromatic rings. The molecule has 0 fully saturated rings. The first-order valence-corrected chi connectivity index (χ1v) is 6.75. The lowest BCUT2D eigenvalue weighted by Crippen LogP contribution is -1.87. The molecule has 0 aromatic heterocycles. The molecule has 1 rings (SSSR count). The van der Waals surface area contributed by atoms with Crippen LogP contribution in [0.1, 0.15) is 12.8 Å². The molecule has 0 heterocycles. The van der Waals surface area contributed by atoms with Crippen LogP contribution in [0.3, 0.4) is 0 Å². The molecule has 0 aromatic carbocycles. The summed E-state index contributed by atoms with van der Waals surface area (Å²) in [5, 5.41) is 0. The van der Waals surface area contributed by atoms with Crippen molar-refractivity contribution in [2.75, 3.05) is 0 Å². The van der Waals surface area contributed by atoms with E-state index in [0.29, 0.717) is 0 Å². The largest absolute Gasteiger partial charge is 0.228 e. The number of hydrogen-bond donors (Lipinski definition) is 0. The molecule has 10 heavy (non-hydrogen) atoms.